The molecule has 6 heteroatoms. The van der Waals surface area contributed by atoms with Crippen molar-refractivity contribution in [2.45, 2.75) is 0 Å². The number of halogens is 1. The van der Waals surface area contributed by atoms with E-state index in [1.807, 2.05) is 4.90 Å². The van der Waals surface area contributed by atoms with Gasteiger partial charge < -0.3 is 10.2 Å². The van der Waals surface area contributed by atoms with Gasteiger partial charge in [-0.25, -0.2) is 0 Å². The predicted octanol–water partition coefficient (Wildman–Crippen LogP) is 1.66. The quantitative estimate of drug-likeness (QED) is 0.632. The van der Waals surface area contributed by atoms with E-state index in [0.29, 0.717) is 10.7 Å². The van der Waals surface area contributed by atoms with E-state index in [9.17, 15) is 10.1 Å². The fraction of sp³-hybridized carbons (Fsp3) is 0.400. The van der Waals surface area contributed by atoms with Crippen LogP contribution in [0.15, 0.2) is 18.2 Å². The first kappa shape index (κ1) is 11.2. The fourth-order valence-electron chi connectivity index (χ4n) is 1.85. The van der Waals surface area contributed by atoms with Crippen molar-refractivity contribution < 1.29 is 4.92 Å². The zero-order chi connectivity index (χ0) is 11.5. The number of anilines is 1. The minimum Gasteiger partial charge on any atom is -0.362 e. The molecular weight excluding hydrogens is 230 g/mol. The molecule has 16 heavy (non-hydrogen) atoms. The van der Waals surface area contributed by atoms with Gasteiger partial charge in [0.2, 0.25) is 0 Å². The van der Waals surface area contributed by atoms with Crippen molar-refractivity contribution in [3.8, 4) is 0 Å². The molecule has 1 N–H and O–H groups in total. The number of nitro groups is 1. The summed E-state index contributed by atoms with van der Waals surface area (Å²) in [4.78, 5) is 12.5. The van der Waals surface area contributed by atoms with Gasteiger partial charge in [0, 0.05) is 32.2 Å². The van der Waals surface area contributed by atoms with Crippen LogP contribution in [0.25, 0.3) is 0 Å². The minimum atomic E-state index is -0.386. The number of hydrogen-bond donors (Lipinski definition) is 1. The first-order chi connectivity index (χ1) is 7.70. The highest BCUT2D eigenvalue weighted by Gasteiger charge is 2.23. The van der Waals surface area contributed by atoms with Crippen molar-refractivity contribution in [3.05, 3.63) is 33.3 Å². The second-order valence-electron chi connectivity index (χ2n) is 3.60. The van der Waals surface area contributed by atoms with E-state index < -0.39 is 0 Å². The van der Waals surface area contributed by atoms with Crippen LogP contribution in [0.2, 0.25) is 5.02 Å². The Morgan fingerprint density at radius 3 is 2.69 bits per heavy atom. The van der Waals surface area contributed by atoms with Gasteiger partial charge in [0.05, 0.1) is 9.95 Å². The van der Waals surface area contributed by atoms with Gasteiger partial charge in [-0.2, -0.15) is 0 Å². The minimum absolute atomic E-state index is 0.0781. The van der Waals surface area contributed by atoms with Crippen molar-refractivity contribution in [3.63, 3.8) is 0 Å². The maximum Gasteiger partial charge on any atom is 0.294 e. The van der Waals surface area contributed by atoms with Gasteiger partial charge in [-0.1, -0.05) is 17.7 Å². The summed E-state index contributed by atoms with van der Waals surface area (Å²) < 4.78 is 0. The summed E-state index contributed by atoms with van der Waals surface area (Å²) in [6.45, 7) is 3.12. The number of para-hydroxylation sites is 1. The lowest BCUT2D eigenvalue weighted by Gasteiger charge is -2.29. The van der Waals surface area contributed by atoms with E-state index in [2.05, 4.69) is 5.32 Å². The van der Waals surface area contributed by atoms with Crippen molar-refractivity contribution in [2.75, 3.05) is 31.1 Å². The van der Waals surface area contributed by atoms with Crippen molar-refractivity contribution >= 4 is 23.0 Å². The first-order valence-electron chi connectivity index (χ1n) is 5.08. The average Bonchev–Trinajstić information content (AvgIpc) is 2.29. The van der Waals surface area contributed by atoms with E-state index in [1.165, 1.54) is 6.07 Å². The van der Waals surface area contributed by atoms with Gasteiger partial charge in [-0.15, -0.1) is 0 Å². The Balaban J connectivity index is 2.40. The molecule has 0 atom stereocenters. The van der Waals surface area contributed by atoms with Crippen LogP contribution < -0.4 is 10.2 Å². The summed E-state index contributed by atoms with van der Waals surface area (Å²) in [5.74, 6) is 0. The second kappa shape index (κ2) is 4.67. The van der Waals surface area contributed by atoms with Crippen LogP contribution in [-0.4, -0.2) is 31.1 Å². The molecular formula is C10H12ClN3O2. The third kappa shape index (κ3) is 2.10. The van der Waals surface area contributed by atoms with Gasteiger partial charge in [-0.3, -0.25) is 10.1 Å². The molecule has 0 saturated carbocycles. The molecule has 2 rings (SSSR count). The third-order valence-electron chi connectivity index (χ3n) is 2.60. The largest absolute Gasteiger partial charge is 0.362 e. The highest BCUT2D eigenvalue weighted by Crippen LogP contribution is 2.35. The number of nitrogens with zero attached hydrogens (tertiary/aromatic N) is 2. The lowest BCUT2D eigenvalue weighted by molar-refractivity contribution is -0.384. The lowest BCUT2D eigenvalue weighted by Crippen LogP contribution is -2.43. The molecule has 0 bridgehead atoms. The zero-order valence-electron chi connectivity index (χ0n) is 8.65. The van der Waals surface area contributed by atoms with E-state index in [1.54, 1.807) is 12.1 Å². The Morgan fingerprint density at radius 2 is 2.06 bits per heavy atom. The summed E-state index contributed by atoms with van der Waals surface area (Å²) in [5.41, 5.74) is 0.616. The molecule has 0 amide bonds. The Morgan fingerprint density at radius 1 is 1.38 bits per heavy atom. The van der Waals surface area contributed by atoms with Gasteiger partial charge in [-0.05, 0) is 6.07 Å². The fourth-order valence-corrected chi connectivity index (χ4v) is 2.14. The Kier molecular flexibility index (Phi) is 3.26. The summed E-state index contributed by atoms with van der Waals surface area (Å²) >= 11 is 6.04. The van der Waals surface area contributed by atoms with Crippen molar-refractivity contribution in [1.29, 1.82) is 0 Å². The number of benzene rings is 1. The molecule has 1 aliphatic rings. The molecule has 0 spiro atoms. The molecule has 1 heterocycles. The van der Waals surface area contributed by atoms with Crippen LogP contribution in [0.1, 0.15) is 0 Å². The highest BCUT2D eigenvalue weighted by atomic mass is 35.5. The number of piperazine rings is 1. The summed E-state index contributed by atoms with van der Waals surface area (Å²) in [7, 11) is 0. The standard InChI is InChI=1S/C10H12ClN3O2/c11-8-2-1-3-9(14(15)16)10(8)13-6-4-12-5-7-13/h1-3,12H,4-7H2. The summed E-state index contributed by atoms with van der Waals surface area (Å²) in [6.07, 6.45) is 0. The molecule has 0 unspecified atom stereocenters. The summed E-state index contributed by atoms with van der Waals surface area (Å²) in [6, 6.07) is 4.78. The van der Waals surface area contributed by atoms with E-state index in [0.717, 1.165) is 26.2 Å². The molecule has 1 aromatic carbocycles. The van der Waals surface area contributed by atoms with Gasteiger partial charge in [0.25, 0.3) is 5.69 Å². The molecule has 86 valence electrons. The highest BCUT2D eigenvalue weighted by molar-refractivity contribution is 6.33. The topological polar surface area (TPSA) is 58.4 Å². The maximum absolute atomic E-state index is 10.9. The van der Waals surface area contributed by atoms with Crippen LogP contribution in [0.3, 0.4) is 0 Å². The maximum atomic E-state index is 10.9. The van der Waals surface area contributed by atoms with Crippen LogP contribution in [0.5, 0.6) is 0 Å². The monoisotopic (exact) mass is 241 g/mol. The Labute approximate surface area is 98.2 Å². The van der Waals surface area contributed by atoms with Gasteiger partial charge >= 0.3 is 0 Å². The second-order valence-corrected chi connectivity index (χ2v) is 4.01. The molecule has 0 aromatic heterocycles. The SMILES string of the molecule is O=[N+]([O-])c1cccc(Cl)c1N1CCNCC1. The Hall–Kier alpha value is -1.33. The Bertz CT molecular complexity index is 405. The van der Waals surface area contributed by atoms with Crippen LogP contribution >= 0.6 is 11.6 Å². The van der Waals surface area contributed by atoms with E-state index in [4.69, 9.17) is 11.6 Å². The molecule has 0 aliphatic carbocycles. The molecule has 1 aromatic rings. The summed E-state index contributed by atoms with van der Waals surface area (Å²) in [5, 5.41) is 14.6. The van der Waals surface area contributed by atoms with Crippen molar-refractivity contribution in [2.24, 2.45) is 0 Å². The molecule has 0 radical (unpaired) electrons. The number of hydrogen-bond acceptors (Lipinski definition) is 4. The smallest absolute Gasteiger partial charge is 0.294 e. The van der Waals surface area contributed by atoms with Crippen LogP contribution in [0.4, 0.5) is 11.4 Å². The van der Waals surface area contributed by atoms with Gasteiger partial charge in [0.1, 0.15) is 5.69 Å². The number of rotatable bonds is 2. The molecule has 1 saturated heterocycles. The van der Waals surface area contributed by atoms with Crippen LogP contribution in [-0.2, 0) is 0 Å². The first-order valence-corrected chi connectivity index (χ1v) is 5.46. The normalized spacial score (nSPS) is 16.2. The average molecular weight is 242 g/mol. The molecule has 1 aliphatic heterocycles. The van der Waals surface area contributed by atoms with Crippen LogP contribution in [0, 0.1) is 10.1 Å². The molecule has 1 fully saturated rings. The van der Waals surface area contributed by atoms with Gasteiger partial charge in [0.15, 0.2) is 0 Å². The number of nitrogens with one attached hydrogen (secondary N) is 1. The van der Waals surface area contributed by atoms with E-state index >= 15 is 0 Å². The lowest BCUT2D eigenvalue weighted by atomic mass is 10.2. The van der Waals surface area contributed by atoms with Crippen molar-refractivity contribution in [1.82, 2.24) is 5.32 Å². The predicted molar refractivity (Wildman–Crippen MR) is 63.2 cm³/mol. The number of nitro benzene ring substituents is 1. The van der Waals surface area contributed by atoms with E-state index in [-0.39, 0.29) is 10.6 Å². The zero-order valence-corrected chi connectivity index (χ0v) is 9.41. The molecule has 5 nitrogen and oxygen atoms in total. The third-order valence-corrected chi connectivity index (χ3v) is 2.90.